The van der Waals surface area contributed by atoms with Crippen LogP contribution in [0.1, 0.15) is 18.4 Å². The summed E-state index contributed by atoms with van der Waals surface area (Å²) in [7, 11) is -1.87. The fraction of sp³-hybridized carbons (Fsp3) is 0.353. The number of fused-ring (bicyclic) bond motifs is 1. The molecule has 136 valence electrons. The minimum atomic E-state index is -3.65. The smallest absolute Gasteiger partial charge is 0.285 e. The van der Waals surface area contributed by atoms with Crippen molar-refractivity contribution in [1.29, 1.82) is 0 Å². The number of likely N-dealkylation sites (tertiary alicyclic amines) is 1. The lowest BCUT2D eigenvalue weighted by Gasteiger charge is -2.33. The molecule has 1 saturated heterocycles. The molecule has 8 nitrogen and oxygen atoms in total. The number of nitrogens with zero attached hydrogens (tertiary/aromatic N) is 4. The van der Waals surface area contributed by atoms with E-state index in [-0.39, 0.29) is 16.7 Å². The first-order valence-electron chi connectivity index (χ1n) is 8.43. The number of aryl methyl sites for hydroxylation is 1. The Kier molecular flexibility index (Phi) is 4.03. The molecule has 1 N–H and O–H groups in total. The van der Waals surface area contributed by atoms with Crippen LogP contribution in [0.5, 0.6) is 0 Å². The van der Waals surface area contributed by atoms with Gasteiger partial charge in [0.05, 0.1) is 17.8 Å². The van der Waals surface area contributed by atoms with Crippen LogP contribution in [0.4, 0.5) is 5.69 Å². The molecule has 1 aromatic heterocycles. The van der Waals surface area contributed by atoms with Crippen LogP contribution < -0.4 is 5.32 Å². The molecule has 0 aliphatic carbocycles. The number of nitrogens with one attached hydrogen (secondary N) is 1. The second-order valence-electron chi connectivity index (χ2n) is 6.56. The lowest BCUT2D eigenvalue weighted by molar-refractivity contribution is -0.121. The second kappa shape index (κ2) is 6.24. The second-order valence-corrected chi connectivity index (χ2v) is 8.14. The number of hydrogen-bond acceptors (Lipinski definition) is 5. The van der Waals surface area contributed by atoms with E-state index in [0.717, 1.165) is 12.8 Å². The Morgan fingerprint density at radius 3 is 2.88 bits per heavy atom. The SMILES string of the molecule is Cn1cc(NC(=O)C2CCCN(C3=NS(=O)(=O)c4ccccc43)C2)cn1. The first-order chi connectivity index (χ1) is 12.4. The molecule has 2 aliphatic heterocycles. The van der Waals surface area contributed by atoms with Crippen LogP contribution in [-0.2, 0) is 21.9 Å². The number of rotatable bonds is 2. The number of amides is 1. The predicted octanol–water partition coefficient (Wildman–Crippen LogP) is 1.22. The van der Waals surface area contributed by atoms with Crippen molar-refractivity contribution in [3.63, 3.8) is 0 Å². The Bertz CT molecular complexity index is 995. The molecule has 2 aromatic rings. The highest BCUT2D eigenvalue weighted by molar-refractivity contribution is 7.90. The number of hydrogen-bond donors (Lipinski definition) is 1. The number of anilines is 1. The molecule has 1 atom stereocenters. The third kappa shape index (κ3) is 2.98. The van der Waals surface area contributed by atoms with Crippen LogP contribution in [0, 0.1) is 5.92 Å². The summed E-state index contributed by atoms with van der Waals surface area (Å²) in [4.78, 5) is 14.7. The number of benzene rings is 1. The van der Waals surface area contributed by atoms with Crippen molar-refractivity contribution in [2.45, 2.75) is 17.7 Å². The summed E-state index contributed by atoms with van der Waals surface area (Å²) in [5.74, 6) is 0.124. The molecule has 1 amide bonds. The molecule has 9 heteroatoms. The van der Waals surface area contributed by atoms with Crippen LogP contribution in [0.3, 0.4) is 0 Å². The zero-order valence-corrected chi connectivity index (χ0v) is 15.1. The van der Waals surface area contributed by atoms with Gasteiger partial charge >= 0.3 is 0 Å². The number of sulfonamides is 1. The van der Waals surface area contributed by atoms with Gasteiger partial charge in [-0.15, -0.1) is 4.40 Å². The van der Waals surface area contributed by atoms with E-state index in [0.29, 0.717) is 30.2 Å². The zero-order chi connectivity index (χ0) is 18.3. The van der Waals surface area contributed by atoms with Crippen molar-refractivity contribution in [3.05, 3.63) is 42.2 Å². The fourth-order valence-corrected chi connectivity index (χ4v) is 4.66. The topological polar surface area (TPSA) is 96.7 Å². The number of amidine groups is 1. The highest BCUT2D eigenvalue weighted by Crippen LogP contribution is 2.30. The number of carbonyl (C=O) groups excluding carboxylic acids is 1. The molecule has 2 aliphatic rings. The third-order valence-corrected chi connectivity index (χ3v) is 6.00. The Labute approximate surface area is 151 Å². The maximum absolute atomic E-state index is 12.6. The van der Waals surface area contributed by atoms with Gasteiger partial charge in [0.1, 0.15) is 4.90 Å². The molecule has 0 spiro atoms. The summed E-state index contributed by atoms with van der Waals surface area (Å²) >= 11 is 0. The summed E-state index contributed by atoms with van der Waals surface area (Å²) in [6.07, 6.45) is 4.89. The normalized spacial score (nSPS) is 21.2. The van der Waals surface area contributed by atoms with Crippen LogP contribution in [0.25, 0.3) is 0 Å². The highest BCUT2D eigenvalue weighted by atomic mass is 32.2. The lowest BCUT2D eigenvalue weighted by atomic mass is 9.96. The van der Waals surface area contributed by atoms with Gasteiger partial charge in [0.2, 0.25) is 5.91 Å². The first-order valence-corrected chi connectivity index (χ1v) is 9.87. The van der Waals surface area contributed by atoms with Crippen molar-refractivity contribution in [1.82, 2.24) is 14.7 Å². The Hall–Kier alpha value is -2.68. The molecule has 0 saturated carbocycles. The van der Waals surface area contributed by atoms with Crippen molar-refractivity contribution in [2.75, 3.05) is 18.4 Å². The molecule has 4 rings (SSSR count). The first kappa shape index (κ1) is 16.8. The van der Waals surface area contributed by atoms with Gasteiger partial charge in [-0.05, 0) is 25.0 Å². The molecular weight excluding hydrogens is 354 g/mol. The van der Waals surface area contributed by atoms with Crippen molar-refractivity contribution >= 4 is 27.5 Å². The maximum Gasteiger partial charge on any atom is 0.285 e. The van der Waals surface area contributed by atoms with Gasteiger partial charge in [-0.3, -0.25) is 9.48 Å². The van der Waals surface area contributed by atoms with Gasteiger partial charge in [0, 0.05) is 31.9 Å². The quantitative estimate of drug-likeness (QED) is 0.854. The van der Waals surface area contributed by atoms with Crippen molar-refractivity contribution in [3.8, 4) is 0 Å². The predicted molar refractivity (Wildman–Crippen MR) is 96.3 cm³/mol. The Morgan fingerprint density at radius 1 is 1.31 bits per heavy atom. The van der Waals surface area contributed by atoms with E-state index < -0.39 is 10.0 Å². The standard InChI is InChI=1S/C17H19N5O3S/c1-21-11-13(9-18-21)19-17(23)12-5-4-8-22(10-12)16-14-6-2-3-7-15(14)26(24,25)20-16/h2-3,6-7,9,11-12H,4-5,8,10H2,1H3,(H,19,23). The minimum Gasteiger partial charge on any atom is -0.355 e. The maximum atomic E-state index is 12.6. The zero-order valence-electron chi connectivity index (χ0n) is 14.3. The van der Waals surface area contributed by atoms with Crippen LogP contribution in [0.15, 0.2) is 46.0 Å². The van der Waals surface area contributed by atoms with E-state index in [4.69, 9.17) is 0 Å². The van der Waals surface area contributed by atoms with Gasteiger partial charge < -0.3 is 10.2 Å². The van der Waals surface area contributed by atoms with Gasteiger partial charge in [0.25, 0.3) is 10.0 Å². The van der Waals surface area contributed by atoms with Crippen LogP contribution in [0.2, 0.25) is 0 Å². The fourth-order valence-electron chi connectivity index (χ4n) is 3.43. The minimum absolute atomic E-state index is 0.0857. The van der Waals surface area contributed by atoms with E-state index in [1.54, 1.807) is 48.4 Å². The average Bonchev–Trinajstić information content (AvgIpc) is 3.16. The number of carbonyl (C=O) groups is 1. The molecule has 1 fully saturated rings. The summed E-state index contributed by atoms with van der Waals surface area (Å²) in [6.45, 7) is 1.12. The third-order valence-electron chi connectivity index (χ3n) is 4.68. The van der Waals surface area contributed by atoms with Crippen LogP contribution >= 0.6 is 0 Å². The molecule has 1 aromatic carbocycles. The summed E-state index contributed by atoms with van der Waals surface area (Å²) in [5.41, 5.74) is 1.27. The van der Waals surface area contributed by atoms with E-state index >= 15 is 0 Å². The molecular formula is C17H19N5O3S. The van der Waals surface area contributed by atoms with E-state index in [2.05, 4.69) is 14.8 Å². The number of aromatic nitrogens is 2. The monoisotopic (exact) mass is 373 g/mol. The van der Waals surface area contributed by atoms with E-state index in [1.807, 2.05) is 4.90 Å². The molecule has 0 bridgehead atoms. The average molecular weight is 373 g/mol. The van der Waals surface area contributed by atoms with Gasteiger partial charge in [-0.25, -0.2) is 0 Å². The van der Waals surface area contributed by atoms with E-state index in [9.17, 15) is 13.2 Å². The Morgan fingerprint density at radius 2 is 2.12 bits per heavy atom. The Balaban J connectivity index is 1.53. The highest BCUT2D eigenvalue weighted by Gasteiger charge is 2.35. The van der Waals surface area contributed by atoms with Gasteiger partial charge in [-0.1, -0.05) is 12.1 Å². The van der Waals surface area contributed by atoms with Crippen molar-refractivity contribution in [2.24, 2.45) is 17.4 Å². The van der Waals surface area contributed by atoms with Gasteiger partial charge in [-0.2, -0.15) is 13.5 Å². The van der Waals surface area contributed by atoms with E-state index in [1.165, 1.54) is 0 Å². The lowest BCUT2D eigenvalue weighted by Crippen LogP contribution is -2.43. The van der Waals surface area contributed by atoms with Gasteiger partial charge in [0.15, 0.2) is 5.84 Å². The summed E-state index contributed by atoms with van der Waals surface area (Å²) in [5, 5.41) is 6.91. The molecule has 1 unspecified atom stereocenters. The summed E-state index contributed by atoms with van der Waals surface area (Å²) in [6, 6.07) is 6.82. The molecule has 3 heterocycles. The molecule has 26 heavy (non-hydrogen) atoms. The summed E-state index contributed by atoms with van der Waals surface area (Å²) < 4.78 is 30.1. The number of piperidine rings is 1. The molecule has 0 radical (unpaired) electrons. The van der Waals surface area contributed by atoms with Crippen LogP contribution in [-0.4, -0.2) is 47.9 Å². The largest absolute Gasteiger partial charge is 0.355 e. The van der Waals surface area contributed by atoms with Crippen molar-refractivity contribution < 1.29 is 13.2 Å².